The number of aromatic nitrogens is 2. The van der Waals surface area contributed by atoms with Gasteiger partial charge in [-0.3, -0.25) is 9.89 Å². The third kappa shape index (κ3) is 3.91. The van der Waals surface area contributed by atoms with Gasteiger partial charge in [-0.1, -0.05) is 0 Å². The summed E-state index contributed by atoms with van der Waals surface area (Å²) in [6.45, 7) is 4.42. The van der Waals surface area contributed by atoms with Crippen LogP contribution in [-0.2, 0) is 0 Å². The number of nitrogens with one attached hydrogen (secondary N) is 2. The van der Waals surface area contributed by atoms with Gasteiger partial charge < -0.3 is 5.32 Å². The van der Waals surface area contributed by atoms with Crippen molar-refractivity contribution >= 4 is 17.5 Å². The lowest BCUT2D eigenvalue weighted by Gasteiger charge is -2.05. The number of H-pyrrole nitrogens is 1. The second-order valence-corrected chi connectivity index (χ2v) is 4.33. The van der Waals surface area contributed by atoms with E-state index in [4.69, 9.17) is 11.6 Å². The van der Waals surface area contributed by atoms with Crippen molar-refractivity contribution in [3.63, 3.8) is 0 Å². The number of carbonyl (C=O) groups excluding carboxylic acids is 1. The van der Waals surface area contributed by atoms with Crippen molar-refractivity contribution in [1.82, 2.24) is 15.5 Å². The van der Waals surface area contributed by atoms with Crippen molar-refractivity contribution in [2.45, 2.75) is 32.1 Å². The molecule has 1 aromatic heterocycles. The fraction of sp³-hybridized carbons (Fsp3) is 0.600. The first kappa shape index (κ1) is 12.0. The Morgan fingerprint density at radius 1 is 1.73 bits per heavy atom. The Morgan fingerprint density at radius 2 is 2.47 bits per heavy atom. The number of nitrogens with zero attached hydrogens (tertiary/aromatic N) is 1. The maximum absolute atomic E-state index is 11.6. The highest BCUT2D eigenvalue weighted by Gasteiger charge is 2.09. The maximum atomic E-state index is 11.6. The molecule has 0 radical (unpaired) electrons. The van der Waals surface area contributed by atoms with Crippen molar-refractivity contribution in [1.29, 1.82) is 0 Å². The summed E-state index contributed by atoms with van der Waals surface area (Å²) >= 11 is 5.79. The van der Waals surface area contributed by atoms with Crippen LogP contribution in [0, 0.1) is 6.92 Å². The van der Waals surface area contributed by atoms with Crippen LogP contribution in [0.2, 0.25) is 0 Å². The molecule has 0 spiro atoms. The van der Waals surface area contributed by atoms with Crippen molar-refractivity contribution in [2.75, 3.05) is 6.54 Å². The number of aromatic amines is 1. The number of aryl methyl sites for hydroxylation is 1. The predicted octanol–water partition coefficient (Wildman–Crippen LogP) is 1.86. The van der Waals surface area contributed by atoms with Gasteiger partial charge in [0.05, 0.1) is 11.8 Å². The molecule has 4 nitrogen and oxygen atoms in total. The van der Waals surface area contributed by atoms with E-state index < -0.39 is 0 Å². The van der Waals surface area contributed by atoms with Crippen LogP contribution in [0.5, 0.6) is 0 Å². The molecule has 1 rings (SSSR count). The zero-order valence-electron chi connectivity index (χ0n) is 9.01. The molecular weight excluding hydrogens is 214 g/mol. The number of hydrogen-bond donors (Lipinski definition) is 2. The maximum Gasteiger partial charge on any atom is 0.254 e. The van der Waals surface area contributed by atoms with Gasteiger partial charge in [0, 0.05) is 17.6 Å². The molecule has 0 saturated carbocycles. The zero-order valence-corrected chi connectivity index (χ0v) is 9.77. The summed E-state index contributed by atoms with van der Waals surface area (Å²) in [7, 11) is 0. The first-order valence-electron chi connectivity index (χ1n) is 5.03. The molecule has 5 heteroatoms. The molecule has 15 heavy (non-hydrogen) atoms. The SMILES string of the molecule is Cc1[nH]ncc1C(=O)NCCCC(C)Cl. The van der Waals surface area contributed by atoms with Crippen LogP contribution in [0.1, 0.15) is 35.8 Å². The van der Waals surface area contributed by atoms with Crippen LogP contribution < -0.4 is 5.32 Å². The van der Waals surface area contributed by atoms with E-state index in [1.54, 1.807) is 0 Å². The van der Waals surface area contributed by atoms with E-state index in [0.717, 1.165) is 18.5 Å². The third-order valence-electron chi connectivity index (χ3n) is 2.14. The molecule has 1 unspecified atom stereocenters. The monoisotopic (exact) mass is 229 g/mol. The van der Waals surface area contributed by atoms with Crippen LogP contribution >= 0.6 is 11.6 Å². The minimum Gasteiger partial charge on any atom is -0.352 e. The third-order valence-corrected chi connectivity index (χ3v) is 2.36. The zero-order chi connectivity index (χ0) is 11.3. The molecule has 1 amide bonds. The predicted molar refractivity (Wildman–Crippen MR) is 60.2 cm³/mol. The lowest BCUT2D eigenvalue weighted by atomic mass is 10.2. The van der Waals surface area contributed by atoms with Gasteiger partial charge in [-0.25, -0.2) is 0 Å². The lowest BCUT2D eigenvalue weighted by Crippen LogP contribution is -2.25. The van der Waals surface area contributed by atoms with Gasteiger partial charge in [-0.05, 0) is 26.7 Å². The van der Waals surface area contributed by atoms with Gasteiger partial charge in [0.25, 0.3) is 5.91 Å². The van der Waals surface area contributed by atoms with E-state index in [0.29, 0.717) is 12.1 Å². The Balaban J connectivity index is 2.28. The molecule has 0 aromatic carbocycles. The fourth-order valence-corrected chi connectivity index (χ4v) is 1.41. The molecule has 0 fully saturated rings. The highest BCUT2D eigenvalue weighted by atomic mass is 35.5. The van der Waals surface area contributed by atoms with E-state index in [2.05, 4.69) is 15.5 Å². The smallest absolute Gasteiger partial charge is 0.254 e. The molecule has 2 N–H and O–H groups in total. The van der Waals surface area contributed by atoms with Crippen LogP contribution in [0.4, 0.5) is 0 Å². The van der Waals surface area contributed by atoms with E-state index in [1.807, 2.05) is 13.8 Å². The molecular formula is C10H16ClN3O. The number of hydrogen-bond acceptors (Lipinski definition) is 2. The summed E-state index contributed by atoms with van der Waals surface area (Å²) in [6, 6.07) is 0. The van der Waals surface area contributed by atoms with Crippen LogP contribution in [0.3, 0.4) is 0 Å². The average molecular weight is 230 g/mol. The molecule has 1 aromatic rings. The largest absolute Gasteiger partial charge is 0.352 e. The summed E-state index contributed by atoms with van der Waals surface area (Å²) < 4.78 is 0. The first-order chi connectivity index (χ1) is 7.11. The normalized spacial score (nSPS) is 12.5. The summed E-state index contributed by atoms with van der Waals surface area (Å²) in [5.74, 6) is -0.0801. The molecule has 0 bridgehead atoms. The molecule has 0 saturated heterocycles. The Bertz CT molecular complexity index is 322. The minimum absolute atomic E-state index is 0.0801. The second kappa shape index (κ2) is 5.75. The Morgan fingerprint density at radius 3 is 3.00 bits per heavy atom. The van der Waals surface area contributed by atoms with E-state index >= 15 is 0 Å². The quantitative estimate of drug-likeness (QED) is 0.598. The average Bonchev–Trinajstić information content (AvgIpc) is 2.58. The molecule has 0 aliphatic heterocycles. The minimum atomic E-state index is -0.0801. The highest BCUT2D eigenvalue weighted by Crippen LogP contribution is 2.04. The number of carbonyl (C=O) groups is 1. The first-order valence-corrected chi connectivity index (χ1v) is 5.47. The Kier molecular flexibility index (Phi) is 4.62. The van der Waals surface area contributed by atoms with Gasteiger partial charge in [-0.15, -0.1) is 11.6 Å². The topological polar surface area (TPSA) is 57.8 Å². The van der Waals surface area contributed by atoms with E-state index in [9.17, 15) is 4.79 Å². The summed E-state index contributed by atoms with van der Waals surface area (Å²) in [5.41, 5.74) is 1.40. The van der Waals surface area contributed by atoms with Crippen molar-refractivity contribution in [3.05, 3.63) is 17.5 Å². The second-order valence-electron chi connectivity index (χ2n) is 3.59. The van der Waals surface area contributed by atoms with Crippen LogP contribution in [-0.4, -0.2) is 28.0 Å². The van der Waals surface area contributed by atoms with Gasteiger partial charge in [0.1, 0.15) is 0 Å². The molecule has 0 aliphatic rings. The van der Waals surface area contributed by atoms with Crippen molar-refractivity contribution in [3.8, 4) is 0 Å². The number of amides is 1. The van der Waals surface area contributed by atoms with E-state index in [-0.39, 0.29) is 11.3 Å². The van der Waals surface area contributed by atoms with Gasteiger partial charge in [-0.2, -0.15) is 5.10 Å². The highest BCUT2D eigenvalue weighted by molar-refractivity contribution is 6.20. The summed E-state index contributed by atoms with van der Waals surface area (Å²) in [4.78, 5) is 11.6. The van der Waals surface area contributed by atoms with Gasteiger partial charge in [0.15, 0.2) is 0 Å². The van der Waals surface area contributed by atoms with Gasteiger partial charge in [0.2, 0.25) is 0 Å². The molecule has 0 aliphatic carbocycles. The number of alkyl halides is 1. The van der Waals surface area contributed by atoms with Crippen molar-refractivity contribution < 1.29 is 4.79 Å². The Hall–Kier alpha value is -1.03. The number of rotatable bonds is 5. The summed E-state index contributed by atoms with van der Waals surface area (Å²) in [5, 5.41) is 9.51. The Labute approximate surface area is 94.4 Å². The molecule has 1 atom stereocenters. The number of halogens is 1. The van der Waals surface area contributed by atoms with Crippen molar-refractivity contribution in [2.24, 2.45) is 0 Å². The molecule has 1 heterocycles. The molecule has 84 valence electrons. The lowest BCUT2D eigenvalue weighted by molar-refractivity contribution is 0.0952. The van der Waals surface area contributed by atoms with Crippen LogP contribution in [0.25, 0.3) is 0 Å². The van der Waals surface area contributed by atoms with E-state index in [1.165, 1.54) is 6.20 Å². The van der Waals surface area contributed by atoms with Gasteiger partial charge >= 0.3 is 0 Å². The fourth-order valence-electron chi connectivity index (χ4n) is 1.26. The summed E-state index contributed by atoms with van der Waals surface area (Å²) in [6.07, 6.45) is 3.34. The standard InChI is InChI=1S/C10H16ClN3O/c1-7(11)4-3-5-12-10(15)9-6-13-14-8(9)2/h6-7H,3-5H2,1-2H3,(H,12,15)(H,13,14). The van der Waals surface area contributed by atoms with Crippen LogP contribution in [0.15, 0.2) is 6.20 Å².